The number of likely N-dealkylation sites (tertiary alicyclic amines) is 1. The minimum atomic E-state index is -0.753. The van der Waals surface area contributed by atoms with E-state index in [0.29, 0.717) is 5.92 Å². The van der Waals surface area contributed by atoms with Crippen molar-refractivity contribution in [1.29, 1.82) is 0 Å². The highest BCUT2D eigenvalue weighted by Crippen LogP contribution is 2.20. The van der Waals surface area contributed by atoms with E-state index < -0.39 is 5.97 Å². The number of allylic oxidation sites excluding steroid dienone is 1. The van der Waals surface area contributed by atoms with Crippen LogP contribution in [0.25, 0.3) is 0 Å². The predicted molar refractivity (Wildman–Crippen MR) is 59.3 cm³/mol. The minimum Gasteiger partial charge on any atom is -0.480 e. The number of aliphatic carboxylic acids is 1. The Morgan fingerprint density at radius 2 is 2.40 bits per heavy atom. The van der Waals surface area contributed by atoms with Crippen molar-refractivity contribution in [1.82, 2.24) is 10.2 Å². The summed E-state index contributed by atoms with van der Waals surface area (Å²) in [4.78, 5) is 12.7. The molecule has 4 nitrogen and oxygen atoms in total. The summed E-state index contributed by atoms with van der Waals surface area (Å²) < 4.78 is 0. The topological polar surface area (TPSA) is 52.6 Å². The lowest BCUT2D eigenvalue weighted by Crippen LogP contribution is -2.50. The quantitative estimate of drug-likeness (QED) is 0.736. The first-order valence-electron chi connectivity index (χ1n) is 5.46. The van der Waals surface area contributed by atoms with Crippen LogP contribution in [-0.4, -0.2) is 35.2 Å². The minimum absolute atomic E-state index is 0.127. The third-order valence-electron chi connectivity index (χ3n) is 2.77. The third-order valence-corrected chi connectivity index (χ3v) is 2.77. The normalized spacial score (nSPS) is 28.1. The van der Waals surface area contributed by atoms with Gasteiger partial charge in [0.05, 0.1) is 12.7 Å². The Morgan fingerprint density at radius 3 is 3.00 bits per heavy atom. The SMILES string of the molecule is CC=CNC1CC(C)CCN1CC(=O)O. The highest BCUT2D eigenvalue weighted by molar-refractivity contribution is 5.69. The Hall–Kier alpha value is -1.03. The van der Waals surface area contributed by atoms with Gasteiger partial charge in [-0.1, -0.05) is 13.0 Å². The number of carboxylic acid groups (broad SMARTS) is 1. The van der Waals surface area contributed by atoms with Gasteiger partial charge in [-0.3, -0.25) is 9.69 Å². The first-order valence-corrected chi connectivity index (χ1v) is 5.46. The van der Waals surface area contributed by atoms with Gasteiger partial charge in [-0.15, -0.1) is 0 Å². The largest absolute Gasteiger partial charge is 0.480 e. The highest BCUT2D eigenvalue weighted by Gasteiger charge is 2.26. The molecular formula is C11H20N2O2. The Kier molecular flexibility index (Phi) is 4.62. The molecule has 4 heteroatoms. The summed E-state index contributed by atoms with van der Waals surface area (Å²) in [6.45, 7) is 5.15. The number of carbonyl (C=O) groups is 1. The van der Waals surface area contributed by atoms with E-state index in [4.69, 9.17) is 5.11 Å². The van der Waals surface area contributed by atoms with Gasteiger partial charge >= 0.3 is 5.97 Å². The Labute approximate surface area is 91.0 Å². The van der Waals surface area contributed by atoms with Crippen LogP contribution in [0.3, 0.4) is 0 Å². The van der Waals surface area contributed by atoms with Crippen molar-refractivity contribution in [3.05, 3.63) is 12.3 Å². The van der Waals surface area contributed by atoms with Crippen LogP contribution in [0.15, 0.2) is 12.3 Å². The number of hydrogen-bond acceptors (Lipinski definition) is 3. The van der Waals surface area contributed by atoms with Gasteiger partial charge in [0.2, 0.25) is 0 Å². The zero-order chi connectivity index (χ0) is 11.3. The van der Waals surface area contributed by atoms with E-state index in [0.717, 1.165) is 19.4 Å². The molecular weight excluding hydrogens is 192 g/mol. The number of rotatable bonds is 4. The van der Waals surface area contributed by atoms with E-state index >= 15 is 0 Å². The molecule has 1 heterocycles. The summed E-state index contributed by atoms with van der Waals surface area (Å²) in [5.74, 6) is -0.0883. The van der Waals surface area contributed by atoms with Gasteiger partial charge in [0.15, 0.2) is 0 Å². The molecule has 0 aromatic heterocycles. The van der Waals surface area contributed by atoms with Crippen molar-refractivity contribution in [2.75, 3.05) is 13.1 Å². The molecule has 0 aromatic carbocycles. The summed E-state index contributed by atoms with van der Waals surface area (Å²) in [5.41, 5.74) is 0. The van der Waals surface area contributed by atoms with Crippen LogP contribution in [0.5, 0.6) is 0 Å². The number of nitrogens with one attached hydrogen (secondary N) is 1. The van der Waals surface area contributed by atoms with Crippen molar-refractivity contribution in [2.24, 2.45) is 5.92 Å². The fraction of sp³-hybridized carbons (Fsp3) is 0.727. The zero-order valence-electron chi connectivity index (χ0n) is 9.44. The second-order valence-electron chi connectivity index (χ2n) is 4.18. The molecule has 1 fully saturated rings. The molecule has 2 atom stereocenters. The number of hydrogen-bond donors (Lipinski definition) is 2. The van der Waals surface area contributed by atoms with Crippen LogP contribution < -0.4 is 5.32 Å². The van der Waals surface area contributed by atoms with Gasteiger partial charge in [0.1, 0.15) is 0 Å². The maximum atomic E-state index is 10.7. The third kappa shape index (κ3) is 3.91. The molecule has 0 bridgehead atoms. The highest BCUT2D eigenvalue weighted by atomic mass is 16.4. The number of piperidine rings is 1. The molecule has 0 aromatic rings. The van der Waals surface area contributed by atoms with E-state index in [1.54, 1.807) is 0 Å². The molecule has 1 rings (SSSR count). The predicted octanol–water partition coefficient (Wildman–Crippen LogP) is 1.25. The van der Waals surface area contributed by atoms with Gasteiger partial charge in [0, 0.05) is 6.54 Å². The molecule has 0 saturated carbocycles. The molecule has 1 aliphatic heterocycles. The van der Waals surface area contributed by atoms with E-state index in [2.05, 4.69) is 12.2 Å². The second kappa shape index (κ2) is 5.75. The summed E-state index contributed by atoms with van der Waals surface area (Å²) in [5, 5.41) is 12.0. The standard InChI is InChI=1S/C11H20N2O2/c1-3-5-12-10-7-9(2)4-6-13(10)8-11(14)15/h3,5,9-10,12H,4,6-8H2,1-2H3,(H,14,15). The van der Waals surface area contributed by atoms with Gasteiger partial charge in [-0.05, 0) is 31.9 Å². The van der Waals surface area contributed by atoms with Crippen molar-refractivity contribution < 1.29 is 9.90 Å². The van der Waals surface area contributed by atoms with Crippen LogP contribution in [0, 0.1) is 5.92 Å². The van der Waals surface area contributed by atoms with Crippen molar-refractivity contribution in [3.63, 3.8) is 0 Å². The lowest BCUT2D eigenvalue weighted by molar-refractivity contribution is -0.139. The van der Waals surface area contributed by atoms with Gasteiger partial charge in [0.25, 0.3) is 0 Å². The fourth-order valence-electron chi connectivity index (χ4n) is 1.93. The van der Waals surface area contributed by atoms with Crippen LogP contribution in [0.1, 0.15) is 26.7 Å². The number of nitrogens with zero attached hydrogens (tertiary/aromatic N) is 1. The molecule has 0 spiro atoms. The lowest BCUT2D eigenvalue weighted by Gasteiger charge is -2.37. The zero-order valence-corrected chi connectivity index (χ0v) is 9.44. The van der Waals surface area contributed by atoms with Crippen molar-refractivity contribution in [2.45, 2.75) is 32.9 Å². The molecule has 0 amide bonds. The maximum Gasteiger partial charge on any atom is 0.317 e. The first kappa shape index (κ1) is 12.0. The molecule has 1 saturated heterocycles. The van der Waals surface area contributed by atoms with Crippen LogP contribution in [-0.2, 0) is 4.79 Å². The first-order chi connectivity index (χ1) is 7.13. The van der Waals surface area contributed by atoms with E-state index in [1.807, 2.05) is 24.1 Å². The molecule has 0 radical (unpaired) electrons. The fourth-order valence-corrected chi connectivity index (χ4v) is 1.93. The van der Waals surface area contributed by atoms with Gasteiger partial charge in [-0.2, -0.15) is 0 Å². The molecule has 0 aliphatic carbocycles. The van der Waals surface area contributed by atoms with Crippen molar-refractivity contribution >= 4 is 5.97 Å². The summed E-state index contributed by atoms with van der Waals surface area (Å²) in [7, 11) is 0. The average molecular weight is 212 g/mol. The molecule has 2 unspecified atom stereocenters. The second-order valence-corrected chi connectivity index (χ2v) is 4.18. The van der Waals surface area contributed by atoms with Gasteiger partial charge in [-0.25, -0.2) is 0 Å². The molecule has 2 N–H and O–H groups in total. The summed E-state index contributed by atoms with van der Waals surface area (Å²) in [6, 6.07) is 0. The van der Waals surface area contributed by atoms with Crippen LogP contribution in [0.2, 0.25) is 0 Å². The van der Waals surface area contributed by atoms with Crippen LogP contribution >= 0.6 is 0 Å². The summed E-state index contributed by atoms with van der Waals surface area (Å²) >= 11 is 0. The smallest absolute Gasteiger partial charge is 0.317 e. The molecule has 15 heavy (non-hydrogen) atoms. The summed E-state index contributed by atoms with van der Waals surface area (Å²) in [6.07, 6.45) is 6.08. The van der Waals surface area contributed by atoms with Crippen molar-refractivity contribution in [3.8, 4) is 0 Å². The lowest BCUT2D eigenvalue weighted by atomic mass is 9.96. The average Bonchev–Trinajstić information content (AvgIpc) is 2.18. The molecule has 1 aliphatic rings. The van der Waals surface area contributed by atoms with E-state index in [9.17, 15) is 4.79 Å². The Morgan fingerprint density at radius 1 is 1.67 bits per heavy atom. The maximum absolute atomic E-state index is 10.7. The Balaban J connectivity index is 2.53. The van der Waals surface area contributed by atoms with Gasteiger partial charge < -0.3 is 10.4 Å². The molecule has 86 valence electrons. The van der Waals surface area contributed by atoms with E-state index in [1.165, 1.54) is 0 Å². The monoisotopic (exact) mass is 212 g/mol. The van der Waals surface area contributed by atoms with E-state index in [-0.39, 0.29) is 12.7 Å². The Bertz CT molecular complexity index is 241. The van der Waals surface area contributed by atoms with Crippen LogP contribution in [0.4, 0.5) is 0 Å². The number of carboxylic acids is 1.